The summed E-state index contributed by atoms with van der Waals surface area (Å²) >= 11 is 0. The lowest BCUT2D eigenvalue weighted by molar-refractivity contribution is 0.588. The summed E-state index contributed by atoms with van der Waals surface area (Å²) in [7, 11) is 0.0571. The fraction of sp³-hybridized carbons (Fsp3) is 0.333. The standard InChI is InChI=1S/C12H21N3O2S/c1-5-7-12(6-2)18(16,17)15-9-8-11(14-4)10-13-3/h5-7,10,13-15H,1-2,8-9H2,3-4H3/b11-10-,12-7+. The summed E-state index contributed by atoms with van der Waals surface area (Å²) in [6.07, 6.45) is 6.44. The minimum Gasteiger partial charge on any atom is -0.393 e. The normalized spacial score (nSPS) is 13.0. The van der Waals surface area contributed by atoms with Crippen molar-refractivity contribution in [1.82, 2.24) is 15.4 Å². The highest BCUT2D eigenvalue weighted by Crippen LogP contribution is 2.06. The molecule has 5 nitrogen and oxygen atoms in total. The van der Waals surface area contributed by atoms with Crippen LogP contribution in [0.3, 0.4) is 0 Å². The van der Waals surface area contributed by atoms with Gasteiger partial charge in [0.05, 0.1) is 4.91 Å². The molecule has 0 radical (unpaired) electrons. The van der Waals surface area contributed by atoms with E-state index < -0.39 is 10.0 Å². The maximum absolute atomic E-state index is 11.8. The summed E-state index contributed by atoms with van der Waals surface area (Å²) < 4.78 is 26.1. The van der Waals surface area contributed by atoms with Gasteiger partial charge in [-0.2, -0.15) is 0 Å². The zero-order valence-corrected chi connectivity index (χ0v) is 11.7. The summed E-state index contributed by atoms with van der Waals surface area (Å²) in [5.41, 5.74) is 0.910. The second-order valence-electron chi connectivity index (χ2n) is 3.36. The quantitative estimate of drug-likeness (QED) is 0.543. The molecule has 0 fully saturated rings. The molecule has 0 unspecified atom stereocenters. The van der Waals surface area contributed by atoms with Crippen LogP contribution in [0.25, 0.3) is 0 Å². The van der Waals surface area contributed by atoms with Crippen LogP contribution in [0.15, 0.2) is 48.2 Å². The molecule has 0 saturated carbocycles. The predicted octanol–water partition coefficient (Wildman–Crippen LogP) is 0.832. The van der Waals surface area contributed by atoms with Crippen LogP contribution in [0, 0.1) is 0 Å². The third kappa shape index (κ3) is 5.70. The van der Waals surface area contributed by atoms with E-state index in [1.165, 1.54) is 18.2 Å². The van der Waals surface area contributed by atoms with Crippen LogP contribution in [0.2, 0.25) is 0 Å². The van der Waals surface area contributed by atoms with E-state index in [-0.39, 0.29) is 4.91 Å². The molecule has 0 saturated heterocycles. The van der Waals surface area contributed by atoms with Crippen molar-refractivity contribution in [2.24, 2.45) is 0 Å². The third-order valence-corrected chi connectivity index (χ3v) is 3.63. The summed E-state index contributed by atoms with van der Waals surface area (Å²) in [5.74, 6) is 0. The lowest BCUT2D eigenvalue weighted by Gasteiger charge is -2.09. The van der Waals surface area contributed by atoms with Gasteiger partial charge in [0.15, 0.2) is 0 Å². The van der Waals surface area contributed by atoms with Gasteiger partial charge in [0, 0.05) is 39.0 Å². The molecular formula is C12H21N3O2S. The Morgan fingerprint density at radius 3 is 2.39 bits per heavy atom. The van der Waals surface area contributed by atoms with Crippen molar-refractivity contribution >= 4 is 10.0 Å². The van der Waals surface area contributed by atoms with Crippen LogP contribution in [0.4, 0.5) is 0 Å². The molecule has 6 heteroatoms. The van der Waals surface area contributed by atoms with Gasteiger partial charge in [0.25, 0.3) is 0 Å². The zero-order chi connectivity index (χ0) is 14.0. The van der Waals surface area contributed by atoms with Crippen molar-refractivity contribution in [2.75, 3.05) is 20.6 Å². The van der Waals surface area contributed by atoms with E-state index in [0.29, 0.717) is 13.0 Å². The van der Waals surface area contributed by atoms with Crippen LogP contribution < -0.4 is 15.4 Å². The molecule has 0 atom stereocenters. The molecule has 0 aliphatic rings. The van der Waals surface area contributed by atoms with Gasteiger partial charge in [-0.25, -0.2) is 13.1 Å². The average Bonchev–Trinajstić information content (AvgIpc) is 2.34. The Bertz CT molecular complexity index is 436. The van der Waals surface area contributed by atoms with Crippen molar-refractivity contribution in [3.63, 3.8) is 0 Å². The van der Waals surface area contributed by atoms with E-state index >= 15 is 0 Å². The Balaban J connectivity index is 4.54. The minimum absolute atomic E-state index is 0.112. The van der Waals surface area contributed by atoms with E-state index in [1.54, 1.807) is 20.3 Å². The molecule has 0 bridgehead atoms. The number of allylic oxidation sites excluding steroid dienone is 3. The molecule has 0 aromatic rings. The van der Waals surface area contributed by atoms with E-state index in [9.17, 15) is 8.42 Å². The summed E-state index contributed by atoms with van der Waals surface area (Å²) in [6.45, 7) is 7.23. The van der Waals surface area contributed by atoms with Crippen LogP contribution in [0.5, 0.6) is 0 Å². The molecule has 0 aromatic carbocycles. The molecule has 18 heavy (non-hydrogen) atoms. The summed E-state index contributed by atoms with van der Waals surface area (Å²) in [4.78, 5) is 0.112. The van der Waals surface area contributed by atoms with E-state index in [4.69, 9.17) is 0 Å². The topological polar surface area (TPSA) is 70.2 Å². The summed E-state index contributed by atoms with van der Waals surface area (Å²) in [6, 6.07) is 0. The number of rotatable bonds is 9. The first-order valence-corrected chi connectivity index (χ1v) is 6.99. The van der Waals surface area contributed by atoms with Gasteiger partial charge >= 0.3 is 0 Å². The number of sulfonamides is 1. The SMILES string of the molecule is C=C/C=C(\C=C)S(=O)(=O)NCC/C(=C/NC)NC. The Labute approximate surface area is 109 Å². The van der Waals surface area contributed by atoms with E-state index in [2.05, 4.69) is 28.5 Å². The van der Waals surface area contributed by atoms with Gasteiger partial charge in [-0.15, -0.1) is 0 Å². The molecule has 0 amide bonds. The Hall–Kier alpha value is -1.53. The van der Waals surface area contributed by atoms with Crippen molar-refractivity contribution < 1.29 is 8.42 Å². The summed E-state index contributed by atoms with van der Waals surface area (Å²) in [5, 5.41) is 5.85. The number of hydrogen-bond acceptors (Lipinski definition) is 4. The lowest BCUT2D eigenvalue weighted by Crippen LogP contribution is -2.27. The number of hydrogen-bond donors (Lipinski definition) is 3. The first-order chi connectivity index (χ1) is 8.51. The fourth-order valence-corrected chi connectivity index (χ4v) is 2.26. The van der Waals surface area contributed by atoms with Crippen molar-refractivity contribution in [3.8, 4) is 0 Å². The van der Waals surface area contributed by atoms with E-state index in [0.717, 1.165) is 5.70 Å². The highest BCUT2D eigenvalue weighted by molar-refractivity contribution is 7.93. The highest BCUT2D eigenvalue weighted by Gasteiger charge is 2.13. The van der Waals surface area contributed by atoms with Crippen LogP contribution >= 0.6 is 0 Å². The van der Waals surface area contributed by atoms with Gasteiger partial charge in [-0.1, -0.05) is 19.2 Å². The van der Waals surface area contributed by atoms with Gasteiger partial charge in [0.2, 0.25) is 10.0 Å². The molecule has 3 N–H and O–H groups in total. The average molecular weight is 271 g/mol. The Kier molecular flexibility index (Phi) is 7.82. The van der Waals surface area contributed by atoms with Crippen LogP contribution in [-0.4, -0.2) is 29.1 Å². The fourth-order valence-electron chi connectivity index (χ4n) is 1.23. The number of nitrogens with one attached hydrogen (secondary N) is 3. The smallest absolute Gasteiger partial charge is 0.240 e. The molecule has 0 spiro atoms. The Morgan fingerprint density at radius 2 is 1.94 bits per heavy atom. The van der Waals surface area contributed by atoms with Crippen LogP contribution in [-0.2, 0) is 10.0 Å². The first kappa shape index (κ1) is 16.5. The monoisotopic (exact) mass is 271 g/mol. The maximum atomic E-state index is 11.8. The van der Waals surface area contributed by atoms with Gasteiger partial charge in [0.1, 0.15) is 0 Å². The molecule has 0 heterocycles. The van der Waals surface area contributed by atoms with Gasteiger partial charge < -0.3 is 10.6 Å². The minimum atomic E-state index is -3.51. The van der Waals surface area contributed by atoms with Crippen molar-refractivity contribution in [2.45, 2.75) is 6.42 Å². The second-order valence-corrected chi connectivity index (χ2v) is 5.13. The molecular weight excluding hydrogens is 250 g/mol. The Morgan fingerprint density at radius 1 is 1.28 bits per heavy atom. The molecule has 0 aliphatic carbocycles. The second kappa shape index (κ2) is 8.54. The molecule has 102 valence electrons. The largest absolute Gasteiger partial charge is 0.393 e. The predicted molar refractivity (Wildman–Crippen MR) is 76.2 cm³/mol. The van der Waals surface area contributed by atoms with Crippen molar-refractivity contribution in [3.05, 3.63) is 48.2 Å². The van der Waals surface area contributed by atoms with E-state index in [1.807, 2.05) is 0 Å². The molecule has 0 aliphatic heterocycles. The molecule has 0 aromatic heterocycles. The lowest BCUT2D eigenvalue weighted by atomic mass is 10.3. The molecule has 0 rings (SSSR count). The zero-order valence-electron chi connectivity index (χ0n) is 10.9. The first-order valence-electron chi connectivity index (χ1n) is 5.50. The van der Waals surface area contributed by atoms with Crippen LogP contribution in [0.1, 0.15) is 6.42 Å². The van der Waals surface area contributed by atoms with Crippen molar-refractivity contribution in [1.29, 1.82) is 0 Å². The van der Waals surface area contributed by atoms with Gasteiger partial charge in [-0.3, -0.25) is 0 Å². The highest BCUT2D eigenvalue weighted by atomic mass is 32.2. The third-order valence-electron chi connectivity index (χ3n) is 2.12. The van der Waals surface area contributed by atoms with Gasteiger partial charge in [-0.05, 0) is 12.2 Å². The maximum Gasteiger partial charge on any atom is 0.240 e.